The maximum absolute atomic E-state index is 12.6. The molecular formula is C27H27NO3. The average Bonchev–Trinajstić information content (AvgIpc) is 2.80. The van der Waals surface area contributed by atoms with Crippen LogP contribution in [0.3, 0.4) is 0 Å². The Balaban J connectivity index is 1.31. The van der Waals surface area contributed by atoms with E-state index in [-0.39, 0.29) is 18.4 Å². The quantitative estimate of drug-likeness (QED) is 0.577. The smallest absolute Gasteiger partial charge is 0.311 e. The molecule has 0 radical (unpaired) electrons. The fourth-order valence-corrected chi connectivity index (χ4v) is 4.10. The van der Waals surface area contributed by atoms with Crippen LogP contribution >= 0.6 is 0 Å². The number of carbonyl (C=O) groups excluding carboxylic acids is 2. The number of amides is 1. The van der Waals surface area contributed by atoms with Gasteiger partial charge in [0.15, 0.2) is 6.10 Å². The highest BCUT2D eigenvalue weighted by Crippen LogP contribution is 2.29. The van der Waals surface area contributed by atoms with Gasteiger partial charge in [0.05, 0.1) is 12.5 Å². The van der Waals surface area contributed by atoms with Gasteiger partial charge in [0.2, 0.25) is 0 Å². The Hall–Kier alpha value is -3.40. The van der Waals surface area contributed by atoms with Gasteiger partial charge >= 0.3 is 5.97 Å². The van der Waals surface area contributed by atoms with Crippen LogP contribution in [0.1, 0.15) is 42.5 Å². The molecule has 0 heterocycles. The summed E-state index contributed by atoms with van der Waals surface area (Å²) in [7, 11) is 0. The summed E-state index contributed by atoms with van der Waals surface area (Å²) < 4.78 is 5.41. The van der Waals surface area contributed by atoms with Crippen LogP contribution < -0.4 is 5.32 Å². The Bertz CT molecular complexity index is 1040. The Kier molecular flexibility index (Phi) is 6.46. The highest BCUT2D eigenvalue weighted by molar-refractivity contribution is 5.84. The third kappa shape index (κ3) is 5.21. The molecule has 0 aromatic heterocycles. The number of ether oxygens (including phenoxy) is 1. The lowest BCUT2D eigenvalue weighted by atomic mass is 9.87. The zero-order valence-electron chi connectivity index (χ0n) is 17.7. The van der Waals surface area contributed by atoms with Gasteiger partial charge in [-0.1, -0.05) is 78.9 Å². The van der Waals surface area contributed by atoms with Crippen molar-refractivity contribution in [1.82, 2.24) is 5.32 Å². The normalized spacial score (nSPS) is 16.1. The van der Waals surface area contributed by atoms with Gasteiger partial charge in [-0.15, -0.1) is 0 Å². The van der Waals surface area contributed by atoms with E-state index >= 15 is 0 Å². The standard InChI is InChI=1S/C27H27NO3/c1-19(27(30)28-25-13-7-11-23-10-5-6-12-24(23)25)31-26(29)18-20-14-16-22(17-15-20)21-8-3-2-4-9-21/h2-6,8-10,12,14-17,19,25H,7,11,13,18H2,1H3,(H,28,30)/t19-,25+/m0/s1. The summed E-state index contributed by atoms with van der Waals surface area (Å²) in [4.78, 5) is 25.0. The Morgan fingerprint density at radius 3 is 2.39 bits per heavy atom. The van der Waals surface area contributed by atoms with Gasteiger partial charge in [0.25, 0.3) is 5.91 Å². The van der Waals surface area contributed by atoms with Crippen LogP contribution in [-0.2, 0) is 27.2 Å². The molecule has 31 heavy (non-hydrogen) atoms. The first-order valence-corrected chi connectivity index (χ1v) is 10.8. The van der Waals surface area contributed by atoms with Gasteiger partial charge < -0.3 is 10.1 Å². The van der Waals surface area contributed by atoms with E-state index in [0.717, 1.165) is 36.0 Å². The van der Waals surface area contributed by atoms with Crippen LogP contribution in [0.4, 0.5) is 0 Å². The third-order valence-electron chi connectivity index (χ3n) is 5.77. The van der Waals surface area contributed by atoms with Gasteiger partial charge in [0, 0.05) is 0 Å². The second-order valence-electron chi connectivity index (χ2n) is 8.02. The third-order valence-corrected chi connectivity index (χ3v) is 5.77. The van der Waals surface area contributed by atoms with Crippen LogP contribution in [0, 0.1) is 0 Å². The van der Waals surface area contributed by atoms with E-state index in [9.17, 15) is 9.59 Å². The molecule has 3 aromatic rings. The van der Waals surface area contributed by atoms with E-state index in [4.69, 9.17) is 4.74 Å². The van der Waals surface area contributed by atoms with Gasteiger partial charge in [-0.05, 0) is 54.0 Å². The molecule has 0 fully saturated rings. The topological polar surface area (TPSA) is 55.4 Å². The van der Waals surface area contributed by atoms with Gasteiger partial charge in [-0.3, -0.25) is 9.59 Å². The average molecular weight is 414 g/mol. The number of esters is 1. The summed E-state index contributed by atoms with van der Waals surface area (Å²) in [5, 5.41) is 3.05. The summed E-state index contributed by atoms with van der Waals surface area (Å²) >= 11 is 0. The second kappa shape index (κ2) is 9.61. The first-order chi connectivity index (χ1) is 15.1. The van der Waals surface area contributed by atoms with E-state index in [1.807, 2.05) is 66.7 Å². The molecule has 1 amide bonds. The number of hydrogen-bond donors (Lipinski definition) is 1. The maximum Gasteiger partial charge on any atom is 0.311 e. The number of rotatable bonds is 6. The van der Waals surface area contributed by atoms with Crippen molar-refractivity contribution in [2.75, 3.05) is 0 Å². The monoisotopic (exact) mass is 413 g/mol. The van der Waals surface area contributed by atoms with E-state index < -0.39 is 12.1 Å². The molecular weight excluding hydrogens is 386 g/mol. The van der Waals surface area contributed by atoms with E-state index in [1.54, 1.807) is 6.92 Å². The molecule has 1 aliphatic carbocycles. The van der Waals surface area contributed by atoms with E-state index in [1.165, 1.54) is 11.1 Å². The zero-order valence-corrected chi connectivity index (χ0v) is 17.7. The predicted molar refractivity (Wildman–Crippen MR) is 121 cm³/mol. The van der Waals surface area contributed by atoms with Gasteiger partial charge in [-0.25, -0.2) is 0 Å². The van der Waals surface area contributed by atoms with Crippen LogP contribution in [0.5, 0.6) is 0 Å². The largest absolute Gasteiger partial charge is 0.452 e. The van der Waals surface area contributed by atoms with Crippen LogP contribution in [0.25, 0.3) is 11.1 Å². The number of benzene rings is 3. The molecule has 0 spiro atoms. The van der Waals surface area contributed by atoms with Crippen LogP contribution in [-0.4, -0.2) is 18.0 Å². The lowest BCUT2D eigenvalue weighted by molar-refractivity contribution is -0.154. The lowest BCUT2D eigenvalue weighted by Gasteiger charge is -2.27. The predicted octanol–water partition coefficient (Wildman–Crippen LogP) is 5.02. The second-order valence-corrected chi connectivity index (χ2v) is 8.02. The lowest BCUT2D eigenvalue weighted by Crippen LogP contribution is -2.39. The molecule has 3 aromatic carbocycles. The Labute approximate surface area is 183 Å². The fraction of sp³-hybridized carbons (Fsp3) is 0.259. The Morgan fingerprint density at radius 1 is 0.935 bits per heavy atom. The number of hydrogen-bond acceptors (Lipinski definition) is 3. The van der Waals surface area contributed by atoms with Crippen molar-refractivity contribution in [3.8, 4) is 11.1 Å². The minimum atomic E-state index is -0.829. The summed E-state index contributed by atoms with van der Waals surface area (Å²) in [6.07, 6.45) is 2.28. The Morgan fingerprint density at radius 2 is 1.61 bits per heavy atom. The van der Waals surface area contributed by atoms with Crippen molar-refractivity contribution in [3.63, 3.8) is 0 Å². The molecule has 0 bridgehead atoms. The van der Waals surface area contributed by atoms with Crippen LogP contribution in [0.15, 0.2) is 78.9 Å². The highest BCUT2D eigenvalue weighted by Gasteiger charge is 2.25. The molecule has 1 aliphatic rings. The number of carbonyl (C=O) groups is 2. The minimum Gasteiger partial charge on any atom is -0.452 e. The number of aryl methyl sites for hydroxylation is 1. The van der Waals surface area contributed by atoms with Crippen molar-refractivity contribution < 1.29 is 14.3 Å². The summed E-state index contributed by atoms with van der Waals surface area (Å²) in [5.41, 5.74) is 5.53. The molecule has 0 saturated heterocycles. The molecule has 0 unspecified atom stereocenters. The van der Waals surface area contributed by atoms with Crippen molar-refractivity contribution in [2.24, 2.45) is 0 Å². The number of fused-ring (bicyclic) bond motifs is 1. The molecule has 0 aliphatic heterocycles. The molecule has 4 rings (SSSR count). The van der Waals surface area contributed by atoms with E-state index in [0.29, 0.717) is 0 Å². The summed E-state index contributed by atoms with van der Waals surface area (Å²) in [5.74, 6) is -0.659. The van der Waals surface area contributed by atoms with Crippen molar-refractivity contribution in [3.05, 3.63) is 95.6 Å². The number of nitrogens with one attached hydrogen (secondary N) is 1. The van der Waals surface area contributed by atoms with Crippen molar-refractivity contribution in [1.29, 1.82) is 0 Å². The summed E-state index contributed by atoms with van der Waals surface area (Å²) in [6, 6.07) is 26.1. The molecule has 1 N–H and O–H groups in total. The van der Waals surface area contributed by atoms with Gasteiger partial charge in [0.1, 0.15) is 0 Å². The maximum atomic E-state index is 12.6. The SMILES string of the molecule is C[C@H](OC(=O)Cc1ccc(-c2ccccc2)cc1)C(=O)N[C@@H]1CCCc2ccccc21. The van der Waals surface area contributed by atoms with Crippen molar-refractivity contribution in [2.45, 2.75) is 44.8 Å². The molecule has 158 valence electrons. The molecule has 2 atom stereocenters. The van der Waals surface area contributed by atoms with Gasteiger partial charge in [-0.2, -0.15) is 0 Å². The first-order valence-electron chi connectivity index (χ1n) is 10.8. The summed E-state index contributed by atoms with van der Waals surface area (Å²) in [6.45, 7) is 1.63. The molecule has 0 saturated carbocycles. The van der Waals surface area contributed by atoms with E-state index in [2.05, 4.69) is 17.4 Å². The zero-order chi connectivity index (χ0) is 21.6. The molecule has 4 heteroatoms. The fourth-order valence-electron chi connectivity index (χ4n) is 4.10. The van der Waals surface area contributed by atoms with Crippen molar-refractivity contribution >= 4 is 11.9 Å². The minimum absolute atomic E-state index is 0.0240. The first kappa shape index (κ1) is 20.9. The van der Waals surface area contributed by atoms with Crippen LogP contribution in [0.2, 0.25) is 0 Å². The molecule has 4 nitrogen and oxygen atoms in total. The highest BCUT2D eigenvalue weighted by atomic mass is 16.5.